The maximum absolute atomic E-state index is 7.88. The van der Waals surface area contributed by atoms with Gasteiger partial charge >= 0.3 is 6.85 Å². The number of rotatable bonds is 4. The van der Waals surface area contributed by atoms with Crippen LogP contribution >= 0.6 is 11.3 Å². The molecular weight excluding hydrogens is 952 g/mol. The normalized spacial score (nSPS) is 27.4. The SMILES string of the molecule is CC(C)(C)c1ccc(N2c3cc4c(sc5ccccc54)c4c3B(c3oc5c(ccc6ccccc65)c32)n2c3ccc(C56CC7CC(CC(C7)C5)C6)cc3c3cc(C56CC7CC(CC(C7)C5)C6)cc-4c32)c(-c2ccccc2)c1. The molecule has 11 aromatic rings. The zero-order valence-electron chi connectivity index (χ0n) is 44.6. The summed E-state index contributed by atoms with van der Waals surface area (Å²) in [6, 6.07) is 57.7. The number of hydrogen-bond donors (Lipinski definition) is 0. The molecule has 10 aliphatic rings. The summed E-state index contributed by atoms with van der Waals surface area (Å²) in [5.41, 5.74) is 20.3. The lowest BCUT2D eigenvalue weighted by Crippen LogP contribution is -2.56. The first-order valence-electron chi connectivity index (χ1n) is 29.7. The van der Waals surface area contributed by atoms with Gasteiger partial charge in [0, 0.05) is 75.1 Å². The number of fused-ring (bicyclic) bond motifs is 15. The molecule has 8 aromatic carbocycles. The molecule has 8 fully saturated rings. The smallest absolute Gasteiger partial charge is 0.376 e. The van der Waals surface area contributed by atoms with Crippen molar-refractivity contribution >= 4 is 110 Å². The Kier molecular flexibility index (Phi) is 8.33. The van der Waals surface area contributed by atoms with Crippen LogP contribution in [0.1, 0.15) is 115 Å². The molecule has 0 N–H and O–H groups in total. The van der Waals surface area contributed by atoms with E-state index >= 15 is 0 Å². The molecule has 0 spiro atoms. The van der Waals surface area contributed by atoms with Gasteiger partial charge in [0.25, 0.3) is 0 Å². The van der Waals surface area contributed by atoms with Crippen LogP contribution in [0.4, 0.5) is 17.1 Å². The first-order valence-corrected chi connectivity index (χ1v) is 30.5. The minimum atomic E-state index is -0.190. The summed E-state index contributed by atoms with van der Waals surface area (Å²) >= 11 is 2.02. The van der Waals surface area contributed by atoms with Crippen molar-refractivity contribution in [1.29, 1.82) is 0 Å². The summed E-state index contributed by atoms with van der Waals surface area (Å²) < 4.78 is 13.5. The molecule has 3 aromatic heterocycles. The zero-order valence-corrected chi connectivity index (χ0v) is 45.4. The van der Waals surface area contributed by atoms with Gasteiger partial charge in [0.15, 0.2) is 0 Å². The Balaban J connectivity index is 0.979. The van der Waals surface area contributed by atoms with Gasteiger partial charge in [0.1, 0.15) is 11.2 Å². The van der Waals surface area contributed by atoms with Crippen LogP contribution in [0.3, 0.4) is 0 Å². The van der Waals surface area contributed by atoms with Crippen LogP contribution in [0.25, 0.3) is 86.0 Å². The number of furan rings is 1. The topological polar surface area (TPSA) is 21.3 Å². The molecule has 0 radical (unpaired) electrons. The second-order valence-electron chi connectivity index (χ2n) is 27.6. The standard InChI is InChI=1S/C72H63BN2OS/c1-70(2,3)48-18-21-59(54(29-48)46-11-5-4-6-12-46)74-61-33-57-52-15-9-10-16-62(52)77-68(57)63-58-32-50(72-37-43-26-44(38-72)28-45(27-43)39-72)31-56-55-30-49(71-34-40-23-41(35-71)25-42(24-40)36-71)19-22-60(55)75(65(56)58)73(64(61)63)69-66(74)53-20-17-47-13-7-8-14-51(47)67(53)76-69/h4-22,29-33,40-45H,23-28,34-39H2,1-3H3. The van der Waals surface area contributed by atoms with E-state index in [-0.39, 0.29) is 17.7 Å². The predicted molar refractivity (Wildman–Crippen MR) is 324 cm³/mol. The van der Waals surface area contributed by atoms with Gasteiger partial charge in [0.2, 0.25) is 0 Å². The predicted octanol–water partition coefficient (Wildman–Crippen LogP) is 18.4. The van der Waals surface area contributed by atoms with Crippen molar-refractivity contribution < 1.29 is 4.42 Å². The van der Waals surface area contributed by atoms with Crippen molar-refractivity contribution in [3.63, 3.8) is 0 Å². The summed E-state index contributed by atoms with van der Waals surface area (Å²) in [6.45, 7) is 6.86. The van der Waals surface area contributed by atoms with Gasteiger partial charge in [0.05, 0.1) is 11.4 Å². The van der Waals surface area contributed by atoms with E-state index in [9.17, 15) is 0 Å². The summed E-state index contributed by atoms with van der Waals surface area (Å²) in [4.78, 5) is 2.69. The summed E-state index contributed by atoms with van der Waals surface area (Å²) in [7, 11) is 0. The van der Waals surface area contributed by atoms with Gasteiger partial charge < -0.3 is 13.8 Å². The number of aromatic nitrogens is 1. The lowest BCUT2D eigenvalue weighted by atomic mass is 9.46. The quantitative estimate of drug-likeness (QED) is 0.164. The average Bonchev–Trinajstić information content (AvgIpc) is 4.32. The highest BCUT2D eigenvalue weighted by Crippen LogP contribution is 2.64. The van der Waals surface area contributed by atoms with E-state index in [1.54, 1.807) is 11.1 Å². The molecule has 8 saturated carbocycles. The minimum absolute atomic E-state index is 0.0380. The van der Waals surface area contributed by atoms with E-state index in [2.05, 4.69) is 176 Å². The maximum atomic E-state index is 7.88. The molecule has 21 rings (SSSR count). The molecule has 5 heterocycles. The fourth-order valence-electron chi connectivity index (χ4n) is 19.8. The molecule has 77 heavy (non-hydrogen) atoms. The van der Waals surface area contributed by atoms with E-state index in [4.69, 9.17) is 4.42 Å². The number of benzene rings is 8. The molecule has 8 aliphatic carbocycles. The molecule has 376 valence electrons. The van der Waals surface area contributed by atoms with E-state index in [0.717, 1.165) is 46.8 Å². The van der Waals surface area contributed by atoms with Crippen LogP contribution in [-0.2, 0) is 16.2 Å². The van der Waals surface area contributed by atoms with Crippen LogP contribution < -0.4 is 16.0 Å². The van der Waals surface area contributed by atoms with Crippen molar-refractivity contribution in [2.75, 3.05) is 4.90 Å². The Morgan fingerprint density at radius 2 is 1.18 bits per heavy atom. The third-order valence-corrected chi connectivity index (χ3v) is 23.4. The lowest BCUT2D eigenvalue weighted by Gasteiger charge is -2.57. The van der Waals surface area contributed by atoms with Gasteiger partial charge in [-0.25, -0.2) is 0 Å². The highest BCUT2D eigenvalue weighted by atomic mass is 32.1. The van der Waals surface area contributed by atoms with E-state index in [0.29, 0.717) is 5.41 Å². The minimum Gasteiger partial charge on any atom is -0.465 e. The Morgan fingerprint density at radius 3 is 1.90 bits per heavy atom. The molecule has 0 amide bonds. The molecular formula is C72H63BN2OS. The monoisotopic (exact) mass is 1010 g/mol. The van der Waals surface area contributed by atoms with Crippen molar-refractivity contribution in [3.8, 4) is 22.3 Å². The van der Waals surface area contributed by atoms with Gasteiger partial charge in [-0.15, -0.1) is 11.3 Å². The van der Waals surface area contributed by atoms with Crippen LogP contribution in [0.5, 0.6) is 0 Å². The number of hydrogen-bond acceptors (Lipinski definition) is 3. The van der Waals surface area contributed by atoms with Crippen LogP contribution in [0, 0.1) is 35.5 Å². The molecule has 8 bridgehead atoms. The van der Waals surface area contributed by atoms with Gasteiger partial charge in [-0.3, -0.25) is 0 Å². The van der Waals surface area contributed by atoms with Crippen LogP contribution in [0.2, 0.25) is 0 Å². The number of thiophene rings is 1. The average molecular weight is 1020 g/mol. The Morgan fingerprint density at radius 1 is 0.532 bits per heavy atom. The molecule has 0 unspecified atom stereocenters. The molecule has 2 aliphatic heterocycles. The van der Waals surface area contributed by atoms with Crippen LogP contribution in [-0.4, -0.2) is 11.3 Å². The third-order valence-electron chi connectivity index (χ3n) is 22.2. The molecule has 5 heteroatoms. The summed E-state index contributed by atoms with van der Waals surface area (Å²) in [5.74, 6) is 5.27. The van der Waals surface area contributed by atoms with E-state index in [1.165, 1.54) is 186 Å². The number of anilines is 3. The van der Waals surface area contributed by atoms with E-state index in [1.807, 2.05) is 11.3 Å². The Hall–Kier alpha value is -6.56. The second kappa shape index (κ2) is 14.8. The third kappa shape index (κ3) is 5.75. The van der Waals surface area contributed by atoms with Gasteiger partial charge in [-0.2, -0.15) is 0 Å². The Labute approximate surface area is 455 Å². The summed E-state index contributed by atoms with van der Waals surface area (Å²) in [6.07, 6.45) is 16.9. The second-order valence-corrected chi connectivity index (χ2v) is 28.7. The largest absolute Gasteiger partial charge is 0.465 e. The highest BCUT2D eigenvalue weighted by molar-refractivity contribution is 7.26. The fraction of sp³-hybridized carbons (Fsp3) is 0.333. The lowest BCUT2D eigenvalue weighted by molar-refractivity contribution is -0.00527. The first kappa shape index (κ1) is 43.4. The van der Waals surface area contributed by atoms with Gasteiger partial charge in [-0.05, 0) is 217 Å². The van der Waals surface area contributed by atoms with Crippen molar-refractivity contribution in [3.05, 3.63) is 162 Å². The van der Waals surface area contributed by atoms with Crippen molar-refractivity contribution in [2.24, 2.45) is 35.5 Å². The molecule has 0 atom stereocenters. The molecule has 3 nitrogen and oxygen atoms in total. The molecule has 0 saturated heterocycles. The Bertz CT molecular complexity index is 4360. The summed E-state index contributed by atoms with van der Waals surface area (Å²) in [5, 5.41) is 9.20. The van der Waals surface area contributed by atoms with Crippen molar-refractivity contribution in [2.45, 2.75) is 114 Å². The van der Waals surface area contributed by atoms with Crippen molar-refractivity contribution in [1.82, 2.24) is 4.48 Å². The zero-order chi connectivity index (χ0) is 50.4. The van der Waals surface area contributed by atoms with Gasteiger partial charge in [-0.1, -0.05) is 112 Å². The maximum Gasteiger partial charge on any atom is 0.376 e. The van der Waals surface area contributed by atoms with E-state index < -0.39 is 0 Å². The first-order chi connectivity index (χ1) is 37.6. The highest BCUT2D eigenvalue weighted by Gasteiger charge is 2.55. The fourth-order valence-corrected chi connectivity index (χ4v) is 21.1. The number of nitrogens with zero attached hydrogens (tertiary/aromatic N) is 2. The van der Waals surface area contributed by atoms with Crippen LogP contribution in [0.15, 0.2) is 150 Å².